The van der Waals surface area contributed by atoms with E-state index in [1.807, 2.05) is 12.1 Å². The van der Waals surface area contributed by atoms with Crippen molar-refractivity contribution in [3.05, 3.63) is 29.8 Å². The molecule has 1 aliphatic rings. The van der Waals surface area contributed by atoms with Crippen LogP contribution in [0.4, 0.5) is 5.69 Å². The van der Waals surface area contributed by atoms with Crippen LogP contribution in [0, 0.1) is 0 Å². The molecule has 0 saturated carbocycles. The summed E-state index contributed by atoms with van der Waals surface area (Å²) in [7, 11) is 1.79. The summed E-state index contributed by atoms with van der Waals surface area (Å²) in [5.41, 5.74) is 2.18. The molecule has 1 amide bonds. The zero-order chi connectivity index (χ0) is 13.0. The summed E-state index contributed by atoms with van der Waals surface area (Å²) in [4.78, 5) is 13.9. The van der Waals surface area contributed by atoms with Gasteiger partial charge in [0.05, 0.1) is 6.61 Å². The van der Waals surface area contributed by atoms with Crippen LogP contribution in [0.5, 0.6) is 0 Å². The van der Waals surface area contributed by atoms with Crippen LogP contribution in [0.3, 0.4) is 0 Å². The van der Waals surface area contributed by atoms with Gasteiger partial charge in [0, 0.05) is 25.8 Å². The molecule has 4 nitrogen and oxygen atoms in total. The van der Waals surface area contributed by atoms with Gasteiger partial charge in [0.15, 0.2) is 0 Å². The highest BCUT2D eigenvalue weighted by Gasteiger charge is 2.25. The average molecular weight is 248 g/mol. The number of nitrogens with one attached hydrogen (secondary N) is 1. The van der Waals surface area contributed by atoms with Crippen molar-refractivity contribution in [2.45, 2.75) is 19.4 Å². The number of benzene rings is 1. The molecular weight excluding hydrogens is 228 g/mol. The van der Waals surface area contributed by atoms with E-state index in [4.69, 9.17) is 4.74 Å². The molecule has 1 unspecified atom stereocenters. The summed E-state index contributed by atoms with van der Waals surface area (Å²) < 4.78 is 5.47. The predicted molar refractivity (Wildman–Crippen MR) is 71.8 cm³/mol. The van der Waals surface area contributed by atoms with E-state index in [9.17, 15) is 4.79 Å². The molecule has 0 spiro atoms. The normalized spacial score (nSPS) is 19.6. The van der Waals surface area contributed by atoms with Crippen molar-refractivity contribution in [3.63, 3.8) is 0 Å². The van der Waals surface area contributed by atoms with Gasteiger partial charge in [0.2, 0.25) is 0 Å². The Morgan fingerprint density at radius 1 is 1.44 bits per heavy atom. The molecule has 1 heterocycles. The molecule has 4 heteroatoms. The Kier molecular flexibility index (Phi) is 4.33. The average Bonchev–Trinajstić information content (AvgIpc) is 2.47. The Morgan fingerprint density at radius 3 is 2.72 bits per heavy atom. The molecule has 1 aromatic carbocycles. The topological polar surface area (TPSA) is 41.6 Å². The maximum atomic E-state index is 12.2. The number of aryl methyl sites for hydroxylation is 1. The number of hydrogen-bond donors (Lipinski definition) is 1. The predicted octanol–water partition coefficient (Wildman–Crippen LogP) is 1.20. The molecule has 1 aromatic rings. The number of rotatable bonds is 3. The van der Waals surface area contributed by atoms with Crippen LogP contribution < -0.4 is 10.2 Å². The van der Waals surface area contributed by atoms with Crippen LogP contribution >= 0.6 is 0 Å². The number of anilines is 1. The first-order valence-corrected chi connectivity index (χ1v) is 6.41. The van der Waals surface area contributed by atoms with Gasteiger partial charge in [-0.15, -0.1) is 0 Å². The SMILES string of the molecule is CCc1ccc(N(C)C(=O)C2CNCCO2)cc1. The molecule has 98 valence electrons. The lowest BCUT2D eigenvalue weighted by Crippen LogP contribution is -2.48. The third-order valence-electron chi connectivity index (χ3n) is 3.27. The molecule has 1 N–H and O–H groups in total. The Balaban J connectivity index is 2.04. The zero-order valence-electron chi connectivity index (χ0n) is 11.0. The van der Waals surface area contributed by atoms with Gasteiger partial charge in [-0.2, -0.15) is 0 Å². The first kappa shape index (κ1) is 13.1. The first-order valence-electron chi connectivity index (χ1n) is 6.41. The summed E-state index contributed by atoms with van der Waals surface area (Å²) in [6.07, 6.45) is 0.641. The van der Waals surface area contributed by atoms with E-state index in [2.05, 4.69) is 24.4 Å². The smallest absolute Gasteiger partial charge is 0.257 e. The number of likely N-dealkylation sites (N-methyl/N-ethyl adjacent to an activating group) is 1. The number of carbonyl (C=O) groups excluding carboxylic acids is 1. The van der Waals surface area contributed by atoms with Crippen LogP contribution in [0.25, 0.3) is 0 Å². The fraction of sp³-hybridized carbons (Fsp3) is 0.500. The van der Waals surface area contributed by atoms with Crippen molar-refractivity contribution in [2.75, 3.05) is 31.6 Å². The van der Waals surface area contributed by atoms with Crippen LogP contribution in [-0.2, 0) is 16.0 Å². The minimum absolute atomic E-state index is 0.00597. The van der Waals surface area contributed by atoms with E-state index in [0.717, 1.165) is 18.7 Å². The van der Waals surface area contributed by atoms with Gasteiger partial charge in [-0.25, -0.2) is 0 Å². The highest BCUT2D eigenvalue weighted by molar-refractivity contribution is 5.96. The largest absolute Gasteiger partial charge is 0.366 e. The van der Waals surface area contributed by atoms with Gasteiger partial charge in [-0.3, -0.25) is 4.79 Å². The molecular formula is C14H20N2O2. The quantitative estimate of drug-likeness (QED) is 0.874. The number of nitrogens with zero attached hydrogens (tertiary/aromatic N) is 1. The fourth-order valence-electron chi connectivity index (χ4n) is 2.02. The first-order chi connectivity index (χ1) is 8.72. The summed E-state index contributed by atoms with van der Waals surface area (Å²) in [5, 5.41) is 3.17. The van der Waals surface area contributed by atoms with Crippen LogP contribution in [0.1, 0.15) is 12.5 Å². The van der Waals surface area contributed by atoms with Crippen molar-refractivity contribution in [1.29, 1.82) is 0 Å². The Bertz CT molecular complexity index is 397. The summed E-state index contributed by atoms with van der Waals surface area (Å²) >= 11 is 0. The molecule has 1 fully saturated rings. The monoisotopic (exact) mass is 248 g/mol. The van der Waals surface area contributed by atoms with Gasteiger partial charge in [0.25, 0.3) is 5.91 Å². The lowest BCUT2D eigenvalue weighted by molar-refractivity contribution is -0.131. The lowest BCUT2D eigenvalue weighted by atomic mass is 10.1. The van der Waals surface area contributed by atoms with E-state index in [-0.39, 0.29) is 12.0 Å². The van der Waals surface area contributed by atoms with Crippen LogP contribution in [0.15, 0.2) is 24.3 Å². The number of morpholine rings is 1. The lowest BCUT2D eigenvalue weighted by Gasteiger charge is -2.27. The second-order valence-corrected chi connectivity index (χ2v) is 4.48. The van der Waals surface area contributed by atoms with E-state index in [0.29, 0.717) is 13.2 Å². The van der Waals surface area contributed by atoms with Crippen molar-refractivity contribution in [2.24, 2.45) is 0 Å². The van der Waals surface area contributed by atoms with E-state index in [1.165, 1.54) is 5.56 Å². The van der Waals surface area contributed by atoms with E-state index < -0.39 is 0 Å². The Hall–Kier alpha value is -1.39. The fourth-order valence-corrected chi connectivity index (χ4v) is 2.02. The molecule has 18 heavy (non-hydrogen) atoms. The molecule has 1 atom stereocenters. The Labute approximate surface area is 108 Å². The number of carbonyl (C=O) groups is 1. The standard InChI is InChI=1S/C14H20N2O2/c1-3-11-4-6-12(7-5-11)16(2)14(17)13-10-15-8-9-18-13/h4-7,13,15H,3,8-10H2,1-2H3. The third kappa shape index (κ3) is 2.89. The van der Waals surface area contributed by atoms with Gasteiger partial charge < -0.3 is 15.0 Å². The van der Waals surface area contributed by atoms with Crippen molar-refractivity contribution < 1.29 is 9.53 Å². The molecule has 2 rings (SSSR count). The Morgan fingerprint density at radius 2 is 2.17 bits per heavy atom. The molecule has 0 bridgehead atoms. The summed E-state index contributed by atoms with van der Waals surface area (Å²) in [6.45, 7) is 4.12. The highest BCUT2D eigenvalue weighted by Crippen LogP contribution is 2.16. The maximum Gasteiger partial charge on any atom is 0.257 e. The summed E-state index contributed by atoms with van der Waals surface area (Å²) in [5.74, 6) is 0.00597. The maximum absolute atomic E-state index is 12.2. The number of hydrogen-bond acceptors (Lipinski definition) is 3. The minimum atomic E-state index is -0.366. The van der Waals surface area contributed by atoms with E-state index in [1.54, 1.807) is 11.9 Å². The molecule has 1 aliphatic heterocycles. The molecule has 0 radical (unpaired) electrons. The van der Waals surface area contributed by atoms with Crippen LogP contribution in [0.2, 0.25) is 0 Å². The van der Waals surface area contributed by atoms with Gasteiger partial charge in [-0.05, 0) is 24.1 Å². The minimum Gasteiger partial charge on any atom is -0.366 e. The van der Waals surface area contributed by atoms with Gasteiger partial charge >= 0.3 is 0 Å². The third-order valence-corrected chi connectivity index (χ3v) is 3.27. The highest BCUT2D eigenvalue weighted by atomic mass is 16.5. The van der Waals surface area contributed by atoms with Crippen molar-refractivity contribution in [1.82, 2.24) is 5.32 Å². The van der Waals surface area contributed by atoms with Crippen molar-refractivity contribution >= 4 is 11.6 Å². The summed E-state index contributed by atoms with van der Waals surface area (Å²) in [6, 6.07) is 8.07. The second-order valence-electron chi connectivity index (χ2n) is 4.48. The van der Waals surface area contributed by atoms with Gasteiger partial charge in [-0.1, -0.05) is 19.1 Å². The van der Waals surface area contributed by atoms with Crippen molar-refractivity contribution in [3.8, 4) is 0 Å². The molecule has 0 aromatic heterocycles. The van der Waals surface area contributed by atoms with E-state index >= 15 is 0 Å². The molecule has 0 aliphatic carbocycles. The number of ether oxygens (including phenoxy) is 1. The van der Waals surface area contributed by atoms with Crippen LogP contribution in [-0.4, -0.2) is 38.8 Å². The zero-order valence-corrected chi connectivity index (χ0v) is 11.0. The molecule has 1 saturated heterocycles. The number of amides is 1. The second kappa shape index (κ2) is 5.98. The van der Waals surface area contributed by atoms with Gasteiger partial charge in [0.1, 0.15) is 6.10 Å².